The number of anilines is 2. The van der Waals surface area contributed by atoms with E-state index in [1.54, 1.807) is 11.0 Å². The molecule has 1 N–H and O–H groups in total. The van der Waals surface area contributed by atoms with E-state index in [9.17, 15) is 19.5 Å². The molecular formula is C23H32N4O5. The maximum atomic E-state index is 13.3. The number of ether oxygens (including phenoxy) is 1. The van der Waals surface area contributed by atoms with Crippen LogP contribution in [-0.4, -0.2) is 98.3 Å². The van der Waals surface area contributed by atoms with Crippen molar-refractivity contribution < 1.29 is 24.2 Å². The van der Waals surface area contributed by atoms with Crippen LogP contribution in [0.25, 0.3) is 0 Å². The van der Waals surface area contributed by atoms with Crippen molar-refractivity contribution in [3.8, 4) is 0 Å². The van der Waals surface area contributed by atoms with E-state index >= 15 is 0 Å². The summed E-state index contributed by atoms with van der Waals surface area (Å²) in [7, 11) is 4.04. The third kappa shape index (κ3) is 4.79. The van der Waals surface area contributed by atoms with E-state index in [0.29, 0.717) is 30.6 Å². The van der Waals surface area contributed by atoms with E-state index in [4.69, 9.17) is 4.74 Å². The van der Waals surface area contributed by atoms with Crippen molar-refractivity contribution >= 4 is 29.2 Å². The number of amides is 2. The van der Waals surface area contributed by atoms with Gasteiger partial charge in [0.25, 0.3) is 0 Å². The average molecular weight is 445 g/mol. The largest absolute Gasteiger partial charge is 0.478 e. The number of likely N-dealkylation sites (N-methyl/N-ethyl adjacent to an activating group) is 1. The lowest BCUT2D eigenvalue weighted by Gasteiger charge is -2.39. The predicted octanol–water partition coefficient (Wildman–Crippen LogP) is 1.27. The van der Waals surface area contributed by atoms with Gasteiger partial charge in [-0.2, -0.15) is 0 Å². The molecule has 0 aliphatic carbocycles. The minimum absolute atomic E-state index is 0.0382. The number of carbonyl (C=O) groups is 3. The number of benzene rings is 1. The van der Waals surface area contributed by atoms with Crippen molar-refractivity contribution in [3.63, 3.8) is 0 Å². The molecule has 0 spiro atoms. The van der Waals surface area contributed by atoms with Crippen LogP contribution in [0.15, 0.2) is 18.2 Å². The SMILES string of the molecule is CN1CCC(N(C)CC(=O)N2CC(=O)N(CC3CCCO3)c3ccc(C(=O)O)cc32)CC1. The molecule has 2 amide bonds. The van der Waals surface area contributed by atoms with E-state index in [2.05, 4.69) is 16.8 Å². The minimum atomic E-state index is -1.06. The van der Waals surface area contributed by atoms with Gasteiger partial charge in [-0.3, -0.25) is 19.4 Å². The van der Waals surface area contributed by atoms with E-state index in [1.807, 2.05) is 7.05 Å². The number of fused-ring (bicyclic) bond motifs is 1. The first-order valence-corrected chi connectivity index (χ1v) is 11.3. The first kappa shape index (κ1) is 22.7. The Bertz CT molecular complexity index is 877. The smallest absolute Gasteiger partial charge is 0.335 e. The fourth-order valence-electron chi connectivity index (χ4n) is 4.82. The zero-order chi connectivity index (χ0) is 22.8. The maximum Gasteiger partial charge on any atom is 0.335 e. The molecule has 0 radical (unpaired) electrons. The van der Waals surface area contributed by atoms with Gasteiger partial charge in [0.15, 0.2) is 0 Å². The van der Waals surface area contributed by atoms with Gasteiger partial charge in [-0.1, -0.05) is 0 Å². The average Bonchev–Trinajstić information content (AvgIpc) is 3.28. The molecule has 9 nitrogen and oxygen atoms in total. The van der Waals surface area contributed by atoms with E-state index in [-0.39, 0.29) is 36.6 Å². The number of carboxylic acids is 1. The molecule has 4 rings (SSSR count). The molecule has 2 fully saturated rings. The van der Waals surface area contributed by atoms with Crippen molar-refractivity contribution in [1.82, 2.24) is 9.80 Å². The second kappa shape index (κ2) is 9.56. The molecule has 1 unspecified atom stereocenters. The molecule has 3 aliphatic rings. The van der Waals surface area contributed by atoms with Crippen molar-refractivity contribution in [2.45, 2.75) is 37.8 Å². The van der Waals surface area contributed by atoms with Crippen LogP contribution in [0.4, 0.5) is 11.4 Å². The van der Waals surface area contributed by atoms with Crippen LogP contribution in [0.2, 0.25) is 0 Å². The standard InChI is InChI=1S/C23H32N4O5/c1-24-9-7-17(8-10-24)25(2)14-21(28)27-15-22(29)26(13-18-4-3-11-32-18)19-6-5-16(23(30)31)12-20(19)27/h5-6,12,17-18H,3-4,7-11,13-15H2,1-2H3,(H,30,31). The molecule has 2 saturated heterocycles. The molecule has 1 aromatic carbocycles. The molecule has 32 heavy (non-hydrogen) atoms. The van der Waals surface area contributed by atoms with Crippen molar-refractivity contribution in [2.24, 2.45) is 0 Å². The van der Waals surface area contributed by atoms with E-state index < -0.39 is 5.97 Å². The molecule has 1 atom stereocenters. The Morgan fingerprint density at radius 3 is 2.59 bits per heavy atom. The lowest BCUT2D eigenvalue weighted by Crippen LogP contribution is -2.53. The van der Waals surface area contributed by atoms with Gasteiger partial charge in [0.05, 0.1) is 36.1 Å². The molecule has 0 aromatic heterocycles. The van der Waals surface area contributed by atoms with Crippen LogP contribution in [0.5, 0.6) is 0 Å². The summed E-state index contributed by atoms with van der Waals surface area (Å²) in [4.78, 5) is 45.3. The number of likely N-dealkylation sites (tertiary alicyclic amines) is 1. The summed E-state index contributed by atoms with van der Waals surface area (Å²) in [6, 6.07) is 4.93. The van der Waals surface area contributed by atoms with Gasteiger partial charge in [-0.05, 0) is 71.1 Å². The molecule has 1 aromatic rings. The summed E-state index contributed by atoms with van der Waals surface area (Å²) >= 11 is 0. The molecular weight excluding hydrogens is 412 g/mol. The Labute approximate surface area is 188 Å². The van der Waals surface area contributed by atoms with Gasteiger partial charge >= 0.3 is 5.97 Å². The summed E-state index contributed by atoms with van der Waals surface area (Å²) in [5, 5.41) is 9.48. The fourth-order valence-corrected chi connectivity index (χ4v) is 4.82. The number of carboxylic acid groups (broad SMARTS) is 1. The van der Waals surface area contributed by atoms with E-state index in [1.165, 1.54) is 17.0 Å². The molecule has 0 saturated carbocycles. The first-order chi connectivity index (χ1) is 15.3. The van der Waals surface area contributed by atoms with Gasteiger partial charge < -0.3 is 19.6 Å². The second-order valence-corrected chi connectivity index (χ2v) is 9.08. The minimum Gasteiger partial charge on any atom is -0.478 e. The van der Waals surface area contributed by atoms with Gasteiger partial charge in [0.1, 0.15) is 6.54 Å². The Morgan fingerprint density at radius 2 is 1.94 bits per heavy atom. The van der Waals surface area contributed by atoms with Crippen LogP contribution in [-0.2, 0) is 14.3 Å². The van der Waals surface area contributed by atoms with Crippen molar-refractivity contribution in [3.05, 3.63) is 23.8 Å². The van der Waals surface area contributed by atoms with Crippen LogP contribution in [0.1, 0.15) is 36.0 Å². The maximum absolute atomic E-state index is 13.3. The second-order valence-electron chi connectivity index (χ2n) is 9.08. The van der Waals surface area contributed by atoms with E-state index in [0.717, 1.165) is 38.8 Å². The van der Waals surface area contributed by atoms with Gasteiger partial charge in [-0.25, -0.2) is 4.79 Å². The molecule has 9 heteroatoms. The molecule has 3 heterocycles. The Kier molecular flexibility index (Phi) is 6.78. The molecule has 0 bridgehead atoms. The highest BCUT2D eigenvalue weighted by Crippen LogP contribution is 2.36. The predicted molar refractivity (Wildman–Crippen MR) is 120 cm³/mol. The van der Waals surface area contributed by atoms with Crippen LogP contribution in [0, 0.1) is 0 Å². The summed E-state index contributed by atoms with van der Waals surface area (Å²) < 4.78 is 5.70. The summed E-state index contributed by atoms with van der Waals surface area (Å²) in [6.45, 7) is 3.18. The Morgan fingerprint density at radius 1 is 1.19 bits per heavy atom. The number of piperidine rings is 1. The number of nitrogens with zero attached hydrogens (tertiary/aromatic N) is 4. The number of aromatic carboxylic acids is 1. The van der Waals surface area contributed by atoms with Gasteiger partial charge in [0.2, 0.25) is 11.8 Å². The number of rotatable bonds is 6. The third-order valence-electron chi connectivity index (χ3n) is 6.81. The number of hydrogen-bond acceptors (Lipinski definition) is 6. The van der Waals surface area contributed by atoms with Crippen LogP contribution < -0.4 is 9.80 Å². The summed E-state index contributed by atoms with van der Waals surface area (Å²) in [6.07, 6.45) is 3.80. The number of carbonyl (C=O) groups excluding carboxylic acids is 2. The van der Waals surface area contributed by atoms with Crippen LogP contribution in [0.3, 0.4) is 0 Å². The first-order valence-electron chi connectivity index (χ1n) is 11.3. The normalized spacial score (nSPS) is 22.5. The van der Waals surface area contributed by atoms with Crippen molar-refractivity contribution in [1.29, 1.82) is 0 Å². The topological polar surface area (TPSA) is 93.6 Å². The highest BCUT2D eigenvalue weighted by molar-refractivity contribution is 6.12. The monoisotopic (exact) mass is 444 g/mol. The quantitative estimate of drug-likeness (QED) is 0.706. The highest BCUT2D eigenvalue weighted by Gasteiger charge is 2.36. The van der Waals surface area contributed by atoms with Gasteiger partial charge in [-0.15, -0.1) is 0 Å². The summed E-state index contributed by atoms with van der Waals surface area (Å²) in [5.41, 5.74) is 1.14. The zero-order valence-corrected chi connectivity index (χ0v) is 18.8. The lowest BCUT2D eigenvalue weighted by molar-refractivity contribution is -0.124. The van der Waals surface area contributed by atoms with Gasteiger partial charge in [0, 0.05) is 12.6 Å². The zero-order valence-electron chi connectivity index (χ0n) is 18.8. The van der Waals surface area contributed by atoms with Crippen molar-refractivity contribution in [2.75, 3.05) is 63.2 Å². The molecule has 174 valence electrons. The summed E-state index contributed by atoms with van der Waals surface area (Å²) in [5.74, 6) is -1.43. The highest BCUT2D eigenvalue weighted by atomic mass is 16.5. The lowest BCUT2D eigenvalue weighted by atomic mass is 10.0. The molecule has 3 aliphatic heterocycles. The van der Waals surface area contributed by atoms with Crippen LogP contribution >= 0.6 is 0 Å². The number of hydrogen-bond donors (Lipinski definition) is 1. The Balaban J connectivity index is 1.56. The fraction of sp³-hybridized carbons (Fsp3) is 0.609. The third-order valence-corrected chi connectivity index (χ3v) is 6.81. The Hall–Kier alpha value is -2.49.